The van der Waals surface area contributed by atoms with Crippen molar-refractivity contribution in [1.29, 1.82) is 0 Å². The number of amides is 2. The van der Waals surface area contributed by atoms with Crippen LogP contribution >= 0.6 is 11.9 Å². The van der Waals surface area contributed by atoms with Gasteiger partial charge in [-0.3, -0.25) is 9.59 Å². The molecule has 0 bridgehead atoms. The smallest absolute Gasteiger partial charge is 0.339 e. The first kappa shape index (κ1) is 15.6. The van der Waals surface area contributed by atoms with Crippen molar-refractivity contribution in [3.8, 4) is 0 Å². The minimum atomic E-state index is -0.425. The molecule has 5 nitrogen and oxygen atoms in total. The third-order valence-corrected chi connectivity index (χ3v) is 4.18. The van der Waals surface area contributed by atoms with Gasteiger partial charge in [0.1, 0.15) is 0 Å². The van der Waals surface area contributed by atoms with Gasteiger partial charge in [0.25, 0.3) is 0 Å². The zero-order valence-electron chi connectivity index (χ0n) is 11.8. The number of unbranched alkanes of at least 4 members (excludes halogenated alkanes) is 1. The van der Waals surface area contributed by atoms with Gasteiger partial charge in [-0.25, -0.2) is 9.10 Å². The Morgan fingerprint density at radius 3 is 2.57 bits per heavy atom. The lowest BCUT2D eigenvalue weighted by Gasteiger charge is -2.14. The van der Waals surface area contributed by atoms with E-state index in [0.717, 1.165) is 29.1 Å². The van der Waals surface area contributed by atoms with Gasteiger partial charge in [0.15, 0.2) is 0 Å². The number of hydrogen-bond donors (Lipinski definition) is 0. The normalized spacial score (nSPS) is 14.6. The molecule has 0 aliphatic carbocycles. The van der Waals surface area contributed by atoms with Crippen molar-refractivity contribution in [3.05, 3.63) is 29.8 Å². The van der Waals surface area contributed by atoms with E-state index in [1.807, 2.05) is 6.92 Å². The van der Waals surface area contributed by atoms with Crippen LogP contribution in [0.4, 0.5) is 0 Å². The maximum Gasteiger partial charge on any atom is 0.339 e. The highest BCUT2D eigenvalue weighted by molar-refractivity contribution is 7.98. The van der Waals surface area contributed by atoms with Crippen molar-refractivity contribution in [3.63, 3.8) is 0 Å². The summed E-state index contributed by atoms with van der Waals surface area (Å²) < 4.78 is 6.31. The number of rotatable bonds is 6. The Balaban J connectivity index is 2.11. The van der Waals surface area contributed by atoms with Gasteiger partial charge in [0.2, 0.25) is 11.8 Å². The van der Waals surface area contributed by atoms with Crippen LogP contribution in [0.2, 0.25) is 0 Å². The second-order valence-corrected chi connectivity index (χ2v) is 5.65. The van der Waals surface area contributed by atoms with Gasteiger partial charge in [0.05, 0.1) is 12.2 Å². The minimum Gasteiger partial charge on any atom is -0.462 e. The Bertz CT molecular complexity index is 542. The molecule has 0 N–H and O–H groups in total. The van der Waals surface area contributed by atoms with Crippen LogP contribution in [0.25, 0.3) is 0 Å². The monoisotopic (exact) mass is 307 g/mol. The number of ether oxygens (including phenoxy) is 1. The molecule has 0 aromatic heterocycles. The zero-order valence-corrected chi connectivity index (χ0v) is 12.6. The van der Waals surface area contributed by atoms with E-state index >= 15 is 0 Å². The molecule has 2 rings (SSSR count). The molecular formula is C15H17NO4S. The van der Waals surface area contributed by atoms with Crippen molar-refractivity contribution in [2.45, 2.75) is 37.5 Å². The van der Waals surface area contributed by atoms with Crippen molar-refractivity contribution in [2.24, 2.45) is 0 Å². The molecule has 1 aromatic rings. The second-order valence-electron chi connectivity index (χ2n) is 4.66. The average molecular weight is 307 g/mol. The summed E-state index contributed by atoms with van der Waals surface area (Å²) in [4.78, 5) is 35.9. The Morgan fingerprint density at radius 2 is 1.90 bits per heavy atom. The SMILES string of the molecule is CCCCOC(=O)c1ccccc1SN1C(=O)CCC1=O. The number of carbonyl (C=O) groups excluding carboxylic acids is 3. The summed E-state index contributed by atoms with van der Waals surface area (Å²) in [7, 11) is 0. The van der Waals surface area contributed by atoms with E-state index in [1.165, 1.54) is 0 Å². The van der Waals surface area contributed by atoms with E-state index < -0.39 is 5.97 Å². The maximum atomic E-state index is 12.1. The lowest BCUT2D eigenvalue weighted by atomic mass is 10.2. The fraction of sp³-hybridized carbons (Fsp3) is 0.400. The van der Waals surface area contributed by atoms with Gasteiger partial charge in [-0.2, -0.15) is 0 Å². The summed E-state index contributed by atoms with van der Waals surface area (Å²) in [6, 6.07) is 6.84. The highest BCUT2D eigenvalue weighted by atomic mass is 32.2. The van der Waals surface area contributed by atoms with Crippen LogP contribution < -0.4 is 0 Å². The molecule has 1 saturated heterocycles. The first-order chi connectivity index (χ1) is 10.1. The predicted octanol–water partition coefficient (Wildman–Crippen LogP) is 2.80. The molecule has 2 amide bonds. The number of hydrogen-bond acceptors (Lipinski definition) is 5. The Labute approximate surface area is 127 Å². The number of imide groups is 1. The molecular weight excluding hydrogens is 290 g/mol. The first-order valence-corrected chi connectivity index (χ1v) is 7.70. The van der Waals surface area contributed by atoms with Crippen molar-refractivity contribution in [2.75, 3.05) is 6.61 Å². The largest absolute Gasteiger partial charge is 0.462 e. The lowest BCUT2D eigenvalue weighted by Crippen LogP contribution is -2.21. The lowest BCUT2D eigenvalue weighted by molar-refractivity contribution is -0.131. The van der Waals surface area contributed by atoms with Gasteiger partial charge < -0.3 is 4.74 Å². The Hall–Kier alpha value is -1.82. The topological polar surface area (TPSA) is 63.7 Å². The number of benzene rings is 1. The average Bonchev–Trinajstić information content (AvgIpc) is 2.80. The van der Waals surface area contributed by atoms with Gasteiger partial charge in [0, 0.05) is 17.7 Å². The minimum absolute atomic E-state index is 0.223. The molecule has 0 radical (unpaired) electrons. The number of nitrogens with zero attached hydrogens (tertiary/aromatic N) is 1. The zero-order chi connectivity index (χ0) is 15.2. The molecule has 1 heterocycles. The highest BCUT2D eigenvalue weighted by Crippen LogP contribution is 2.31. The molecule has 1 aliphatic rings. The van der Waals surface area contributed by atoms with E-state index in [1.54, 1.807) is 24.3 Å². The summed E-state index contributed by atoms with van der Waals surface area (Å²) in [5.41, 5.74) is 0.381. The molecule has 0 spiro atoms. The molecule has 0 saturated carbocycles. The van der Waals surface area contributed by atoms with Crippen LogP contribution in [0.1, 0.15) is 43.0 Å². The van der Waals surface area contributed by atoms with Gasteiger partial charge >= 0.3 is 5.97 Å². The summed E-state index contributed by atoms with van der Waals surface area (Å²) in [5, 5.41) is 0. The van der Waals surface area contributed by atoms with Crippen LogP contribution in [0.5, 0.6) is 0 Å². The fourth-order valence-corrected chi connectivity index (χ4v) is 2.83. The molecule has 21 heavy (non-hydrogen) atoms. The molecule has 6 heteroatoms. The summed E-state index contributed by atoms with van der Waals surface area (Å²) in [6.45, 7) is 2.39. The van der Waals surface area contributed by atoms with Crippen LogP contribution in [0, 0.1) is 0 Å². The van der Waals surface area contributed by atoms with Crippen LogP contribution in [-0.2, 0) is 14.3 Å². The molecule has 0 unspecified atom stereocenters. The molecule has 112 valence electrons. The third kappa shape index (κ3) is 3.85. The maximum absolute atomic E-state index is 12.1. The van der Waals surface area contributed by atoms with Crippen molar-refractivity contribution < 1.29 is 19.1 Å². The van der Waals surface area contributed by atoms with E-state index in [9.17, 15) is 14.4 Å². The van der Waals surface area contributed by atoms with Gasteiger partial charge in [-0.15, -0.1) is 0 Å². The van der Waals surface area contributed by atoms with E-state index in [4.69, 9.17) is 4.74 Å². The molecule has 1 aliphatic heterocycles. The highest BCUT2D eigenvalue weighted by Gasteiger charge is 2.31. The molecule has 0 atom stereocenters. The van der Waals surface area contributed by atoms with Crippen LogP contribution in [0.3, 0.4) is 0 Å². The predicted molar refractivity (Wildman–Crippen MR) is 78.6 cm³/mol. The third-order valence-electron chi connectivity index (χ3n) is 3.03. The van der Waals surface area contributed by atoms with E-state index in [2.05, 4.69) is 0 Å². The van der Waals surface area contributed by atoms with Gasteiger partial charge in [-0.1, -0.05) is 25.5 Å². The molecule has 1 aromatic carbocycles. The number of esters is 1. The Kier molecular flexibility index (Phi) is 5.38. The summed E-state index contributed by atoms with van der Waals surface area (Å²) in [5.74, 6) is -0.871. The van der Waals surface area contributed by atoms with Crippen molar-refractivity contribution >= 4 is 29.7 Å². The quantitative estimate of drug-likeness (QED) is 0.350. The number of carbonyl (C=O) groups is 3. The standard InChI is InChI=1S/C15H17NO4S/c1-2-3-10-20-15(19)11-6-4-5-7-12(11)21-16-13(17)8-9-14(16)18/h4-7H,2-3,8-10H2,1H3. The fourth-order valence-electron chi connectivity index (χ4n) is 1.86. The first-order valence-electron chi connectivity index (χ1n) is 6.93. The van der Waals surface area contributed by atoms with Gasteiger partial charge in [-0.05, 0) is 30.5 Å². The van der Waals surface area contributed by atoms with Crippen LogP contribution in [-0.4, -0.2) is 28.7 Å². The molecule has 1 fully saturated rings. The van der Waals surface area contributed by atoms with Crippen LogP contribution in [0.15, 0.2) is 29.2 Å². The van der Waals surface area contributed by atoms with Crippen molar-refractivity contribution in [1.82, 2.24) is 4.31 Å². The Morgan fingerprint density at radius 1 is 1.24 bits per heavy atom. The summed E-state index contributed by atoms with van der Waals surface area (Å²) >= 11 is 0.995. The van der Waals surface area contributed by atoms with E-state index in [-0.39, 0.29) is 24.7 Å². The second kappa shape index (κ2) is 7.26. The van der Waals surface area contributed by atoms with E-state index in [0.29, 0.717) is 17.1 Å². The summed E-state index contributed by atoms with van der Waals surface area (Å²) in [6.07, 6.45) is 2.22.